The van der Waals surface area contributed by atoms with Crippen LogP contribution in [0.5, 0.6) is 0 Å². The fourth-order valence-corrected chi connectivity index (χ4v) is 2.56. The molecule has 0 radical (unpaired) electrons. The van der Waals surface area contributed by atoms with Crippen LogP contribution in [0.15, 0.2) is 18.2 Å². The number of carbonyl (C=O) groups is 2. The van der Waals surface area contributed by atoms with E-state index in [0.29, 0.717) is 23.2 Å². The summed E-state index contributed by atoms with van der Waals surface area (Å²) in [6.07, 6.45) is 2.12. The first-order valence-electron chi connectivity index (χ1n) is 7.37. The minimum atomic E-state index is -0.406. The molecule has 0 unspecified atom stereocenters. The highest BCUT2D eigenvalue weighted by Crippen LogP contribution is 2.17. The highest BCUT2D eigenvalue weighted by atomic mass is 35.5. The van der Waals surface area contributed by atoms with Crippen molar-refractivity contribution in [3.63, 3.8) is 0 Å². The van der Waals surface area contributed by atoms with Crippen molar-refractivity contribution >= 4 is 29.1 Å². The van der Waals surface area contributed by atoms with Crippen LogP contribution < -0.4 is 21.7 Å². The summed E-state index contributed by atoms with van der Waals surface area (Å²) < 4.78 is 0. The van der Waals surface area contributed by atoms with Gasteiger partial charge >= 0.3 is 0 Å². The lowest BCUT2D eigenvalue weighted by Crippen LogP contribution is -2.41. The Hall–Kier alpha value is -1.79. The highest BCUT2D eigenvalue weighted by molar-refractivity contribution is 6.31. The van der Waals surface area contributed by atoms with Crippen LogP contribution in [0.3, 0.4) is 0 Å². The van der Waals surface area contributed by atoms with E-state index in [2.05, 4.69) is 16.0 Å². The number of benzene rings is 1. The second-order valence-corrected chi connectivity index (χ2v) is 5.85. The molecule has 1 heterocycles. The van der Waals surface area contributed by atoms with Gasteiger partial charge in [0.05, 0.1) is 12.1 Å². The van der Waals surface area contributed by atoms with Gasteiger partial charge in [0.2, 0.25) is 5.91 Å². The van der Waals surface area contributed by atoms with Crippen molar-refractivity contribution in [1.82, 2.24) is 16.0 Å². The third-order valence-corrected chi connectivity index (χ3v) is 3.95. The van der Waals surface area contributed by atoms with E-state index in [0.717, 1.165) is 25.9 Å². The third kappa shape index (κ3) is 4.89. The molecule has 0 atom stereocenters. The molecular weight excluding hydrogens is 304 g/mol. The highest BCUT2D eigenvalue weighted by Gasteiger charge is 2.15. The van der Waals surface area contributed by atoms with Crippen LogP contribution >= 0.6 is 11.6 Å². The number of nitrogens with two attached hydrogens (primary N) is 1. The summed E-state index contributed by atoms with van der Waals surface area (Å²) in [5.74, 6) is -0.103. The van der Waals surface area contributed by atoms with Crippen LogP contribution in [0.2, 0.25) is 5.02 Å². The fourth-order valence-electron chi connectivity index (χ4n) is 2.39. The van der Waals surface area contributed by atoms with Gasteiger partial charge in [0.15, 0.2) is 0 Å². The minimum absolute atomic E-state index is 0.0737. The largest absolute Gasteiger partial charge is 0.398 e. The number of amides is 2. The number of rotatable bonds is 5. The quantitative estimate of drug-likeness (QED) is 0.601. The molecular formula is C15H21ClN4O2. The van der Waals surface area contributed by atoms with E-state index in [4.69, 9.17) is 17.3 Å². The van der Waals surface area contributed by atoms with Crippen LogP contribution in [0.25, 0.3) is 0 Å². The summed E-state index contributed by atoms with van der Waals surface area (Å²) in [5, 5.41) is 9.10. The Labute approximate surface area is 134 Å². The maximum Gasteiger partial charge on any atom is 0.253 e. The predicted molar refractivity (Wildman–Crippen MR) is 86.8 cm³/mol. The molecule has 1 aromatic rings. The summed E-state index contributed by atoms with van der Waals surface area (Å²) in [4.78, 5) is 23.8. The SMILES string of the molecule is Nc1ccc(Cl)cc1C(=O)NCC(=O)NCC1CCNCC1. The average molecular weight is 325 g/mol. The molecule has 2 rings (SSSR count). The van der Waals surface area contributed by atoms with Crippen LogP contribution in [-0.2, 0) is 4.79 Å². The van der Waals surface area contributed by atoms with Gasteiger partial charge in [-0.3, -0.25) is 9.59 Å². The summed E-state index contributed by atoms with van der Waals surface area (Å²) in [5.41, 5.74) is 6.33. The van der Waals surface area contributed by atoms with Crippen molar-refractivity contribution in [2.75, 3.05) is 31.9 Å². The lowest BCUT2D eigenvalue weighted by atomic mass is 9.98. The molecule has 1 fully saturated rings. The molecule has 0 aromatic heterocycles. The smallest absolute Gasteiger partial charge is 0.253 e. The fraction of sp³-hybridized carbons (Fsp3) is 0.467. The van der Waals surface area contributed by atoms with Crippen LogP contribution in [0.4, 0.5) is 5.69 Å². The molecule has 1 aromatic carbocycles. The summed E-state index contributed by atoms with van der Waals surface area (Å²) in [7, 11) is 0. The van der Waals surface area contributed by atoms with Gasteiger partial charge in [-0.05, 0) is 50.0 Å². The van der Waals surface area contributed by atoms with Gasteiger partial charge in [0, 0.05) is 17.3 Å². The molecule has 7 heteroatoms. The van der Waals surface area contributed by atoms with Gasteiger partial charge in [-0.15, -0.1) is 0 Å². The normalized spacial score (nSPS) is 15.3. The molecule has 1 saturated heterocycles. The van der Waals surface area contributed by atoms with Crippen LogP contribution in [0, 0.1) is 5.92 Å². The van der Waals surface area contributed by atoms with E-state index in [-0.39, 0.29) is 18.0 Å². The van der Waals surface area contributed by atoms with Gasteiger partial charge in [0.25, 0.3) is 5.91 Å². The van der Waals surface area contributed by atoms with Gasteiger partial charge in [0.1, 0.15) is 0 Å². The van der Waals surface area contributed by atoms with Crippen molar-refractivity contribution in [2.45, 2.75) is 12.8 Å². The number of halogens is 1. The monoisotopic (exact) mass is 324 g/mol. The number of carbonyl (C=O) groups excluding carboxylic acids is 2. The first-order valence-corrected chi connectivity index (χ1v) is 7.74. The van der Waals surface area contributed by atoms with Gasteiger partial charge in [-0.2, -0.15) is 0 Å². The summed E-state index contributed by atoms with van der Waals surface area (Å²) in [6, 6.07) is 4.66. The molecule has 0 spiro atoms. The number of nitrogens with one attached hydrogen (secondary N) is 3. The molecule has 0 bridgehead atoms. The number of piperidine rings is 1. The zero-order valence-corrected chi connectivity index (χ0v) is 13.1. The van der Waals surface area contributed by atoms with Crippen LogP contribution in [-0.4, -0.2) is 38.0 Å². The second-order valence-electron chi connectivity index (χ2n) is 5.41. The maximum absolute atomic E-state index is 12.0. The molecule has 6 nitrogen and oxygen atoms in total. The van der Waals surface area contributed by atoms with Crippen molar-refractivity contribution in [1.29, 1.82) is 0 Å². The zero-order valence-electron chi connectivity index (χ0n) is 12.3. The molecule has 1 aliphatic heterocycles. The Morgan fingerprint density at radius 1 is 1.27 bits per heavy atom. The van der Waals surface area contributed by atoms with E-state index in [1.165, 1.54) is 6.07 Å². The Kier molecular flexibility index (Phi) is 6.03. The molecule has 0 saturated carbocycles. The Morgan fingerprint density at radius 2 is 2.00 bits per heavy atom. The Balaban J connectivity index is 1.75. The molecule has 1 aliphatic rings. The minimum Gasteiger partial charge on any atom is -0.398 e. The molecule has 5 N–H and O–H groups in total. The molecule has 120 valence electrons. The van der Waals surface area contributed by atoms with Crippen LogP contribution in [0.1, 0.15) is 23.2 Å². The zero-order chi connectivity index (χ0) is 15.9. The van der Waals surface area contributed by atoms with E-state index in [1.54, 1.807) is 12.1 Å². The third-order valence-electron chi connectivity index (χ3n) is 3.72. The van der Waals surface area contributed by atoms with E-state index in [1.807, 2.05) is 0 Å². The van der Waals surface area contributed by atoms with Gasteiger partial charge < -0.3 is 21.7 Å². The van der Waals surface area contributed by atoms with Crippen molar-refractivity contribution in [3.05, 3.63) is 28.8 Å². The maximum atomic E-state index is 12.0. The van der Waals surface area contributed by atoms with Gasteiger partial charge in [-0.1, -0.05) is 11.6 Å². The van der Waals surface area contributed by atoms with E-state index in [9.17, 15) is 9.59 Å². The topological polar surface area (TPSA) is 96.2 Å². The Bertz CT molecular complexity index is 544. The second kappa shape index (κ2) is 8.00. The van der Waals surface area contributed by atoms with Crippen molar-refractivity contribution in [2.24, 2.45) is 5.92 Å². The number of hydrogen-bond acceptors (Lipinski definition) is 4. The molecule has 0 aliphatic carbocycles. The van der Waals surface area contributed by atoms with E-state index < -0.39 is 5.91 Å². The molecule has 22 heavy (non-hydrogen) atoms. The van der Waals surface area contributed by atoms with Gasteiger partial charge in [-0.25, -0.2) is 0 Å². The lowest BCUT2D eigenvalue weighted by Gasteiger charge is -2.22. The predicted octanol–water partition coefficient (Wildman–Crippen LogP) is 0.768. The number of hydrogen-bond donors (Lipinski definition) is 4. The summed E-state index contributed by atoms with van der Waals surface area (Å²) >= 11 is 5.84. The standard InChI is InChI=1S/C15H21ClN4O2/c16-11-1-2-13(17)12(7-11)15(22)20-9-14(21)19-8-10-3-5-18-6-4-10/h1-2,7,10,18H,3-6,8-9,17H2,(H,19,21)(H,20,22). The molecule has 2 amide bonds. The first kappa shape index (κ1) is 16.6. The van der Waals surface area contributed by atoms with Crippen molar-refractivity contribution in [3.8, 4) is 0 Å². The first-order chi connectivity index (χ1) is 10.6. The number of anilines is 1. The van der Waals surface area contributed by atoms with Crippen molar-refractivity contribution < 1.29 is 9.59 Å². The summed E-state index contributed by atoms with van der Waals surface area (Å²) in [6.45, 7) is 2.56. The Morgan fingerprint density at radius 3 is 2.73 bits per heavy atom. The average Bonchev–Trinajstić information content (AvgIpc) is 2.54. The van der Waals surface area contributed by atoms with E-state index >= 15 is 0 Å². The lowest BCUT2D eigenvalue weighted by molar-refractivity contribution is -0.120. The number of nitrogen functional groups attached to an aromatic ring is 1.